The summed E-state index contributed by atoms with van der Waals surface area (Å²) < 4.78 is 13.2. The zero-order valence-corrected chi connectivity index (χ0v) is 9.59. The molecule has 0 aliphatic carbocycles. The van der Waals surface area contributed by atoms with Crippen molar-refractivity contribution < 1.29 is 9.18 Å². The van der Waals surface area contributed by atoms with Crippen molar-refractivity contribution in [1.29, 1.82) is 0 Å². The third-order valence-corrected chi connectivity index (χ3v) is 2.19. The van der Waals surface area contributed by atoms with Crippen molar-refractivity contribution in [2.24, 2.45) is 0 Å². The van der Waals surface area contributed by atoms with Crippen molar-refractivity contribution in [3.05, 3.63) is 41.2 Å². The van der Waals surface area contributed by atoms with Gasteiger partial charge in [-0.15, -0.1) is 0 Å². The number of carbonyl (C=O) groups is 1. The van der Waals surface area contributed by atoms with Crippen molar-refractivity contribution in [1.82, 2.24) is 5.32 Å². The third kappa shape index (κ3) is 4.26. The molecule has 86 valence electrons. The highest BCUT2D eigenvalue weighted by Gasteiger charge is 1.95. The first kappa shape index (κ1) is 12.4. The summed E-state index contributed by atoms with van der Waals surface area (Å²) in [5, 5.41) is 2.69. The van der Waals surface area contributed by atoms with E-state index < -0.39 is 0 Å². The highest BCUT2D eigenvalue weighted by molar-refractivity contribution is 5.72. The quantitative estimate of drug-likeness (QED) is 0.778. The maximum absolute atomic E-state index is 13.2. The van der Waals surface area contributed by atoms with Crippen LogP contribution in [0.3, 0.4) is 0 Å². The number of rotatable bonds is 4. The van der Waals surface area contributed by atoms with E-state index in [0.29, 0.717) is 12.1 Å². The Morgan fingerprint density at radius 2 is 2.25 bits per heavy atom. The van der Waals surface area contributed by atoms with Gasteiger partial charge in [0.15, 0.2) is 0 Å². The van der Waals surface area contributed by atoms with Crippen molar-refractivity contribution in [2.45, 2.75) is 20.3 Å². The van der Waals surface area contributed by atoms with E-state index in [9.17, 15) is 9.18 Å². The normalized spacial score (nSPS) is 10.7. The molecule has 0 spiro atoms. The van der Waals surface area contributed by atoms with Gasteiger partial charge in [-0.3, -0.25) is 4.79 Å². The molecule has 0 fully saturated rings. The van der Waals surface area contributed by atoms with E-state index >= 15 is 0 Å². The molecule has 0 aliphatic rings. The smallest absolute Gasteiger partial charge is 0.216 e. The summed E-state index contributed by atoms with van der Waals surface area (Å²) in [5.74, 6) is -0.223. The second-order valence-corrected chi connectivity index (χ2v) is 3.68. The molecule has 1 rings (SSSR count). The van der Waals surface area contributed by atoms with Gasteiger partial charge in [0.05, 0.1) is 0 Å². The van der Waals surface area contributed by atoms with E-state index in [-0.39, 0.29) is 11.7 Å². The van der Waals surface area contributed by atoms with Gasteiger partial charge in [-0.05, 0) is 30.5 Å². The van der Waals surface area contributed by atoms with Crippen LogP contribution in [0.5, 0.6) is 0 Å². The Morgan fingerprint density at radius 1 is 1.50 bits per heavy atom. The Labute approximate surface area is 95.2 Å². The van der Waals surface area contributed by atoms with Gasteiger partial charge in [0, 0.05) is 13.5 Å². The van der Waals surface area contributed by atoms with Gasteiger partial charge in [-0.1, -0.05) is 24.3 Å². The minimum Gasteiger partial charge on any atom is -0.356 e. The Morgan fingerprint density at radius 3 is 2.88 bits per heavy atom. The molecule has 3 heteroatoms. The van der Waals surface area contributed by atoms with Crippen LogP contribution < -0.4 is 5.32 Å². The highest BCUT2D eigenvalue weighted by Crippen LogP contribution is 2.10. The number of hydrogen-bond donors (Lipinski definition) is 1. The summed E-state index contributed by atoms with van der Waals surface area (Å²) in [5.41, 5.74) is 1.49. The lowest BCUT2D eigenvalue weighted by atomic mass is 10.1. The Balaban J connectivity index is 2.44. The fraction of sp³-hybridized carbons (Fsp3) is 0.308. The van der Waals surface area contributed by atoms with E-state index in [1.54, 1.807) is 13.0 Å². The predicted molar refractivity (Wildman–Crippen MR) is 63.5 cm³/mol. The van der Waals surface area contributed by atoms with Crippen molar-refractivity contribution >= 4 is 12.0 Å². The van der Waals surface area contributed by atoms with Gasteiger partial charge in [0.2, 0.25) is 5.91 Å². The molecule has 1 N–H and O–H groups in total. The van der Waals surface area contributed by atoms with Crippen LogP contribution >= 0.6 is 0 Å². The second kappa shape index (κ2) is 6.05. The molecule has 16 heavy (non-hydrogen) atoms. The van der Waals surface area contributed by atoms with Crippen LogP contribution in [-0.2, 0) is 4.79 Å². The minimum absolute atomic E-state index is 0.0326. The number of halogens is 1. The molecular formula is C13H16FNO. The summed E-state index contributed by atoms with van der Waals surface area (Å²) in [6.45, 7) is 3.83. The standard InChI is InChI=1S/C13H16FNO/c1-10-6-7-12(9-13(10)14)5-3-4-8-15-11(2)16/h3,5-7,9H,4,8H2,1-2H3,(H,15,16). The van der Waals surface area contributed by atoms with Crippen molar-refractivity contribution in [3.63, 3.8) is 0 Å². The molecule has 1 aromatic carbocycles. The Bertz CT molecular complexity index is 399. The fourth-order valence-electron chi connectivity index (χ4n) is 1.26. The lowest BCUT2D eigenvalue weighted by molar-refractivity contribution is -0.118. The van der Waals surface area contributed by atoms with Crippen molar-refractivity contribution in [3.8, 4) is 0 Å². The number of hydrogen-bond acceptors (Lipinski definition) is 1. The predicted octanol–water partition coefficient (Wildman–Crippen LogP) is 2.67. The van der Waals surface area contributed by atoms with Gasteiger partial charge >= 0.3 is 0 Å². The molecule has 0 atom stereocenters. The van der Waals surface area contributed by atoms with Crippen LogP contribution in [0.4, 0.5) is 4.39 Å². The summed E-state index contributed by atoms with van der Waals surface area (Å²) in [6.07, 6.45) is 4.51. The third-order valence-electron chi connectivity index (χ3n) is 2.19. The van der Waals surface area contributed by atoms with Gasteiger partial charge in [-0.2, -0.15) is 0 Å². The maximum Gasteiger partial charge on any atom is 0.216 e. The summed E-state index contributed by atoms with van der Waals surface area (Å²) >= 11 is 0. The monoisotopic (exact) mass is 221 g/mol. The zero-order chi connectivity index (χ0) is 12.0. The molecule has 1 amide bonds. The van der Waals surface area contributed by atoms with Crippen molar-refractivity contribution in [2.75, 3.05) is 6.54 Å². The first-order chi connectivity index (χ1) is 7.59. The SMILES string of the molecule is CC(=O)NCCC=Cc1ccc(C)c(F)c1. The molecule has 0 saturated carbocycles. The van der Waals surface area contributed by atoms with Gasteiger partial charge in [0.25, 0.3) is 0 Å². The molecule has 1 aromatic rings. The molecule has 0 saturated heterocycles. The first-order valence-electron chi connectivity index (χ1n) is 5.26. The maximum atomic E-state index is 13.2. The van der Waals surface area contributed by atoms with Gasteiger partial charge < -0.3 is 5.32 Å². The van der Waals surface area contributed by atoms with Crippen LogP contribution in [0.1, 0.15) is 24.5 Å². The zero-order valence-electron chi connectivity index (χ0n) is 9.59. The van der Waals surface area contributed by atoms with E-state index in [0.717, 1.165) is 12.0 Å². The van der Waals surface area contributed by atoms with Crippen LogP contribution in [0.15, 0.2) is 24.3 Å². The highest BCUT2D eigenvalue weighted by atomic mass is 19.1. The molecule has 0 unspecified atom stereocenters. The number of benzene rings is 1. The van der Waals surface area contributed by atoms with Crippen LogP contribution in [0.25, 0.3) is 6.08 Å². The van der Waals surface area contributed by atoms with Gasteiger partial charge in [-0.25, -0.2) is 4.39 Å². The van der Waals surface area contributed by atoms with Crippen LogP contribution in [0.2, 0.25) is 0 Å². The fourth-order valence-corrected chi connectivity index (χ4v) is 1.26. The molecular weight excluding hydrogens is 205 g/mol. The molecule has 0 heterocycles. The topological polar surface area (TPSA) is 29.1 Å². The molecule has 0 bridgehead atoms. The van der Waals surface area contributed by atoms with Gasteiger partial charge in [0.1, 0.15) is 5.82 Å². The van der Waals surface area contributed by atoms with Crippen LogP contribution in [0, 0.1) is 12.7 Å². The largest absolute Gasteiger partial charge is 0.356 e. The summed E-state index contributed by atoms with van der Waals surface area (Å²) in [4.78, 5) is 10.6. The number of carbonyl (C=O) groups excluding carboxylic acids is 1. The number of aryl methyl sites for hydroxylation is 1. The van der Waals surface area contributed by atoms with Crippen LogP contribution in [-0.4, -0.2) is 12.5 Å². The average Bonchev–Trinajstić information content (AvgIpc) is 2.22. The molecule has 2 nitrogen and oxygen atoms in total. The lowest BCUT2D eigenvalue weighted by Gasteiger charge is -1.99. The number of nitrogens with one attached hydrogen (secondary N) is 1. The van der Waals surface area contributed by atoms with E-state index in [4.69, 9.17) is 0 Å². The first-order valence-corrected chi connectivity index (χ1v) is 5.26. The van der Waals surface area contributed by atoms with E-state index in [1.807, 2.05) is 18.2 Å². The molecule has 0 aliphatic heterocycles. The average molecular weight is 221 g/mol. The Kier molecular flexibility index (Phi) is 4.70. The summed E-state index contributed by atoms with van der Waals surface area (Å²) in [6, 6.07) is 5.13. The molecule has 0 aromatic heterocycles. The molecule has 0 radical (unpaired) electrons. The van der Waals surface area contributed by atoms with E-state index in [2.05, 4.69) is 5.32 Å². The Hall–Kier alpha value is -1.64. The summed E-state index contributed by atoms with van der Waals surface area (Å²) in [7, 11) is 0. The van der Waals surface area contributed by atoms with E-state index in [1.165, 1.54) is 13.0 Å². The number of amides is 1. The second-order valence-electron chi connectivity index (χ2n) is 3.68. The minimum atomic E-state index is -0.191. The lowest BCUT2D eigenvalue weighted by Crippen LogP contribution is -2.20.